The van der Waals surface area contributed by atoms with Crippen molar-refractivity contribution < 1.29 is 14.3 Å². The predicted octanol–water partition coefficient (Wildman–Crippen LogP) is 2.80. The Labute approximate surface area is 97.9 Å². The summed E-state index contributed by atoms with van der Waals surface area (Å²) in [7, 11) is 2.77. The first-order valence-corrected chi connectivity index (χ1v) is 4.90. The Bertz CT molecular complexity index is 362. The maximum atomic E-state index is 11.8. The van der Waals surface area contributed by atoms with Gasteiger partial charge >= 0.3 is 0 Å². The summed E-state index contributed by atoms with van der Waals surface area (Å²) >= 11 is 11.6. The zero-order valence-corrected chi connectivity index (χ0v) is 9.80. The van der Waals surface area contributed by atoms with Crippen molar-refractivity contribution in [2.45, 2.75) is 6.29 Å². The average molecular weight is 249 g/mol. The highest BCUT2D eigenvalue weighted by molar-refractivity contribution is 6.36. The van der Waals surface area contributed by atoms with E-state index in [1.807, 2.05) is 0 Å². The molecule has 0 aliphatic heterocycles. The number of carbonyl (C=O) groups excluding carboxylic acids is 1. The minimum absolute atomic E-state index is 0.284. The van der Waals surface area contributed by atoms with Crippen molar-refractivity contribution in [3.8, 4) is 0 Å². The van der Waals surface area contributed by atoms with Crippen LogP contribution in [0.3, 0.4) is 0 Å². The van der Waals surface area contributed by atoms with E-state index in [0.717, 1.165) is 0 Å². The van der Waals surface area contributed by atoms with Gasteiger partial charge in [-0.15, -0.1) is 0 Å². The molecule has 0 spiro atoms. The van der Waals surface area contributed by atoms with E-state index < -0.39 is 6.29 Å². The van der Waals surface area contributed by atoms with Crippen molar-refractivity contribution >= 4 is 29.0 Å². The van der Waals surface area contributed by atoms with Crippen molar-refractivity contribution in [3.63, 3.8) is 0 Å². The number of benzene rings is 1. The van der Waals surface area contributed by atoms with Gasteiger partial charge in [0.1, 0.15) is 0 Å². The van der Waals surface area contributed by atoms with Gasteiger partial charge in [0.05, 0.1) is 5.02 Å². The molecule has 0 aromatic heterocycles. The second-order valence-electron chi connectivity index (χ2n) is 2.79. The Kier molecular flexibility index (Phi) is 4.54. The van der Waals surface area contributed by atoms with Crippen LogP contribution in [0.4, 0.5) is 0 Å². The summed E-state index contributed by atoms with van der Waals surface area (Å²) < 4.78 is 9.68. The summed E-state index contributed by atoms with van der Waals surface area (Å²) in [6, 6.07) is 4.62. The molecular formula is C10H10Cl2O3. The lowest BCUT2D eigenvalue weighted by Crippen LogP contribution is -2.25. The van der Waals surface area contributed by atoms with Gasteiger partial charge < -0.3 is 9.47 Å². The molecule has 0 N–H and O–H groups in total. The molecule has 0 saturated heterocycles. The van der Waals surface area contributed by atoms with Crippen molar-refractivity contribution in [2.75, 3.05) is 14.2 Å². The third-order valence-corrected chi connectivity index (χ3v) is 2.39. The molecule has 1 rings (SSSR count). The fourth-order valence-electron chi connectivity index (χ4n) is 1.13. The van der Waals surface area contributed by atoms with E-state index in [1.165, 1.54) is 26.4 Å². The lowest BCUT2D eigenvalue weighted by atomic mass is 10.1. The Morgan fingerprint density at radius 3 is 2.33 bits per heavy atom. The molecule has 0 heterocycles. The molecule has 0 amide bonds. The molecule has 15 heavy (non-hydrogen) atoms. The molecule has 0 bridgehead atoms. The molecule has 82 valence electrons. The van der Waals surface area contributed by atoms with Crippen molar-refractivity contribution in [1.29, 1.82) is 0 Å². The summed E-state index contributed by atoms with van der Waals surface area (Å²) in [6.45, 7) is 0. The third-order valence-electron chi connectivity index (χ3n) is 1.84. The van der Waals surface area contributed by atoms with Crippen LogP contribution in [0.15, 0.2) is 18.2 Å². The first kappa shape index (κ1) is 12.5. The van der Waals surface area contributed by atoms with E-state index in [2.05, 4.69) is 0 Å². The van der Waals surface area contributed by atoms with Gasteiger partial charge in [0.2, 0.25) is 12.1 Å². The third kappa shape index (κ3) is 2.92. The number of halogens is 2. The summed E-state index contributed by atoms with van der Waals surface area (Å²) in [5, 5.41) is 0.759. The number of rotatable bonds is 4. The molecular weight excluding hydrogens is 239 g/mol. The number of hydrogen-bond acceptors (Lipinski definition) is 3. The van der Waals surface area contributed by atoms with Crippen LogP contribution in [0, 0.1) is 0 Å². The number of ketones is 1. The highest BCUT2D eigenvalue weighted by Crippen LogP contribution is 2.22. The summed E-state index contributed by atoms with van der Waals surface area (Å²) in [6.07, 6.45) is -0.941. The normalized spacial score (nSPS) is 10.7. The zero-order chi connectivity index (χ0) is 11.4. The number of methoxy groups -OCH3 is 2. The molecule has 0 aliphatic rings. The predicted molar refractivity (Wildman–Crippen MR) is 58.6 cm³/mol. The van der Waals surface area contributed by atoms with E-state index in [-0.39, 0.29) is 10.8 Å². The second kappa shape index (κ2) is 5.47. The number of ether oxygens (including phenoxy) is 2. The van der Waals surface area contributed by atoms with Crippen LogP contribution >= 0.6 is 23.2 Å². The molecule has 0 unspecified atom stereocenters. The summed E-state index contributed by atoms with van der Waals surface area (Å²) in [5.41, 5.74) is 0.328. The molecule has 5 heteroatoms. The fraction of sp³-hybridized carbons (Fsp3) is 0.300. The molecule has 0 saturated carbocycles. The van der Waals surface area contributed by atoms with Gasteiger partial charge in [-0.25, -0.2) is 0 Å². The molecule has 3 nitrogen and oxygen atoms in total. The minimum atomic E-state index is -0.941. The quantitative estimate of drug-likeness (QED) is 0.608. The van der Waals surface area contributed by atoms with Crippen LogP contribution in [0.5, 0.6) is 0 Å². The van der Waals surface area contributed by atoms with Crippen LogP contribution in [-0.2, 0) is 9.47 Å². The zero-order valence-electron chi connectivity index (χ0n) is 8.29. The first-order valence-electron chi connectivity index (χ1n) is 4.15. The van der Waals surface area contributed by atoms with Crippen LogP contribution < -0.4 is 0 Å². The minimum Gasteiger partial charge on any atom is -0.349 e. The first-order chi connectivity index (χ1) is 7.10. The molecule has 1 aromatic carbocycles. The summed E-state index contributed by atoms with van der Waals surface area (Å²) in [5.74, 6) is -0.332. The van der Waals surface area contributed by atoms with E-state index >= 15 is 0 Å². The SMILES string of the molecule is COC(OC)C(=O)c1ccc(Cl)cc1Cl. The standard InChI is InChI=1S/C10H10Cl2O3/c1-14-10(15-2)9(13)7-4-3-6(11)5-8(7)12/h3-5,10H,1-2H3. The van der Waals surface area contributed by atoms with Crippen LogP contribution in [0.2, 0.25) is 10.0 Å². The number of hydrogen-bond donors (Lipinski definition) is 0. The Morgan fingerprint density at radius 2 is 1.87 bits per heavy atom. The van der Waals surface area contributed by atoms with Crippen molar-refractivity contribution in [2.24, 2.45) is 0 Å². The Hall–Kier alpha value is -0.610. The highest BCUT2D eigenvalue weighted by atomic mass is 35.5. The summed E-state index contributed by atoms with van der Waals surface area (Å²) in [4.78, 5) is 11.8. The van der Waals surface area contributed by atoms with Crippen LogP contribution in [0.25, 0.3) is 0 Å². The maximum Gasteiger partial charge on any atom is 0.222 e. The monoisotopic (exact) mass is 248 g/mol. The Balaban J connectivity index is 3.00. The largest absolute Gasteiger partial charge is 0.349 e. The van der Waals surface area contributed by atoms with Gasteiger partial charge in [-0.3, -0.25) is 4.79 Å². The van der Waals surface area contributed by atoms with Gasteiger partial charge in [-0.1, -0.05) is 23.2 Å². The van der Waals surface area contributed by atoms with E-state index in [4.69, 9.17) is 32.7 Å². The van der Waals surface area contributed by atoms with Gasteiger partial charge in [0, 0.05) is 24.8 Å². The van der Waals surface area contributed by atoms with Gasteiger partial charge in [0.15, 0.2) is 0 Å². The van der Waals surface area contributed by atoms with Crippen LogP contribution in [0.1, 0.15) is 10.4 Å². The molecule has 0 atom stereocenters. The van der Waals surface area contributed by atoms with E-state index in [0.29, 0.717) is 10.6 Å². The molecule has 1 aromatic rings. The highest BCUT2D eigenvalue weighted by Gasteiger charge is 2.21. The number of Topliss-reactive ketones (excluding diaryl/α,β-unsaturated/α-hetero) is 1. The van der Waals surface area contributed by atoms with Crippen molar-refractivity contribution in [3.05, 3.63) is 33.8 Å². The Morgan fingerprint density at radius 1 is 1.27 bits per heavy atom. The fourth-order valence-corrected chi connectivity index (χ4v) is 1.63. The van der Waals surface area contributed by atoms with Gasteiger partial charge in [0.25, 0.3) is 0 Å². The average Bonchev–Trinajstić information content (AvgIpc) is 2.19. The lowest BCUT2D eigenvalue weighted by Gasteiger charge is -2.12. The van der Waals surface area contributed by atoms with Gasteiger partial charge in [-0.05, 0) is 18.2 Å². The topological polar surface area (TPSA) is 35.5 Å². The lowest BCUT2D eigenvalue weighted by molar-refractivity contribution is -0.0742. The van der Waals surface area contributed by atoms with E-state index in [9.17, 15) is 4.79 Å². The molecule has 0 aliphatic carbocycles. The number of carbonyl (C=O) groups is 1. The second-order valence-corrected chi connectivity index (χ2v) is 3.64. The maximum absolute atomic E-state index is 11.8. The molecule has 0 radical (unpaired) electrons. The van der Waals surface area contributed by atoms with Gasteiger partial charge in [-0.2, -0.15) is 0 Å². The molecule has 0 fully saturated rings. The van der Waals surface area contributed by atoms with Crippen molar-refractivity contribution in [1.82, 2.24) is 0 Å². The van der Waals surface area contributed by atoms with Crippen LogP contribution in [-0.4, -0.2) is 26.3 Å². The van der Waals surface area contributed by atoms with E-state index in [1.54, 1.807) is 6.07 Å². The smallest absolute Gasteiger partial charge is 0.222 e.